The molecular weight excluding hydrogens is 228 g/mol. The summed E-state index contributed by atoms with van der Waals surface area (Å²) in [6.45, 7) is 6.05. The van der Waals surface area contributed by atoms with Crippen LogP contribution < -0.4 is 5.73 Å². The number of piperidine rings is 1. The molecule has 5 nitrogen and oxygen atoms in total. The van der Waals surface area contributed by atoms with Crippen LogP contribution in [0.25, 0.3) is 0 Å². The number of nitrogens with zero attached hydrogens (tertiary/aromatic N) is 3. The summed E-state index contributed by atoms with van der Waals surface area (Å²) < 4.78 is 5.22. The van der Waals surface area contributed by atoms with Gasteiger partial charge in [0.15, 0.2) is 5.82 Å². The van der Waals surface area contributed by atoms with Gasteiger partial charge < -0.3 is 10.3 Å². The fourth-order valence-electron chi connectivity index (χ4n) is 2.66. The Morgan fingerprint density at radius 2 is 2.33 bits per heavy atom. The van der Waals surface area contributed by atoms with Crippen LogP contribution in [0.3, 0.4) is 0 Å². The molecule has 102 valence electrons. The van der Waals surface area contributed by atoms with E-state index < -0.39 is 0 Å². The average molecular weight is 252 g/mol. The highest BCUT2D eigenvalue weighted by atomic mass is 16.5. The second-order valence-corrected chi connectivity index (χ2v) is 5.25. The van der Waals surface area contributed by atoms with Crippen LogP contribution in [0.4, 0.5) is 0 Å². The predicted octanol–water partition coefficient (Wildman–Crippen LogP) is 1.72. The Labute approximate surface area is 109 Å². The molecule has 2 rings (SSSR count). The highest BCUT2D eigenvalue weighted by Crippen LogP contribution is 2.20. The third kappa shape index (κ3) is 3.29. The number of likely N-dealkylation sites (tertiary alicyclic amines) is 1. The molecule has 1 fully saturated rings. The van der Waals surface area contributed by atoms with E-state index in [0.717, 1.165) is 37.6 Å². The van der Waals surface area contributed by atoms with E-state index in [2.05, 4.69) is 28.9 Å². The molecule has 1 aromatic rings. The molecule has 0 amide bonds. The monoisotopic (exact) mass is 252 g/mol. The molecule has 18 heavy (non-hydrogen) atoms. The lowest BCUT2D eigenvalue weighted by molar-refractivity contribution is 0.118. The number of hydrogen-bond acceptors (Lipinski definition) is 5. The van der Waals surface area contributed by atoms with Gasteiger partial charge in [0.25, 0.3) is 0 Å². The minimum atomic E-state index is 0.201. The predicted molar refractivity (Wildman–Crippen MR) is 70.0 cm³/mol. The van der Waals surface area contributed by atoms with Crippen LogP contribution in [0.5, 0.6) is 0 Å². The first-order valence-corrected chi connectivity index (χ1v) is 7.01. The number of aryl methyl sites for hydroxylation is 1. The molecule has 2 unspecified atom stereocenters. The SMILES string of the molecule is CCCc1nc(CN2CCCCC2C(C)N)no1. The van der Waals surface area contributed by atoms with Gasteiger partial charge in [-0.3, -0.25) is 4.90 Å². The number of hydrogen-bond donors (Lipinski definition) is 1. The summed E-state index contributed by atoms with van der Waals surface area (Å²) in [6, 6.07) is 0.652. The highest BCUT2D eigenvalue weighted by molar-refractivity contribution is 4.90. The first-order valence-electron chi connectivity index (χ1n) is 7.01. The van der Waals surface area contributed by atoms with E-state index in [-0.39, 0.29) is 6.04 Å². The smallest absolute Gasteiger partial charge is 0.226 e. The summed E-state index contributed by atoms with van der Waals surface area (Å²) in [5.74, 6) is 1.55. The van der Waals surface area contributed by atoms with E-state index in [4.69, 9.17) is 10.3 Å². The quantitative estimate of drug-likeness (QED) is 0.864. The topological polar surface area (TPSA) is 68.2 Å². The van der Waals surface area contributed by atoms with E-state index >= 15 is 0 Å². The second-order valence-electron chi connectivity index (χ2n) is 5.25. The Bertz CT molecular complexity index is 364. The maximum atomic E-state index is 6.06. The molecule has 1 aliphatic heterocycles. The van der Waals surface area contributed by atoms with Gasteiger partial charge in [-0.05, 0) is 32.7 Å². The van der Waals surface area contributed by atoms with Crippen LogP contribution >= 0.6 is 0 Å². The van der Waals surface area contributed by atoms with Gasteiger partial charge in [0.05, 0.1) is 6.54 Å². The fourth-order valence-corrected chi connectivity index (χ4v) is 2.66. The molecule has 1 aromatic heterocycles. The van der Waals surface area contributed by atoms with Crippen LogP contribution in [0, 0.1) is 0 Å². The highest BCUT2D eigenvalue weighted by Gasteiger charge is 2.26. The molecule has 1 saturated heterocycles. The van der Waals surface area contributed by atoms with Crippen molar-refractivity contribution in [1.29, 1.82) is 0 Å². The molecule has 0 aliphatic carbocycles. The maximum Gasteiger partial charge on any atom is 0.226 e. The number of aromatic nitrogens is 2. The van der Waals surface area contributed by atoms with Gasteiger partial charge in [0, 0.05) is 18.5 Å². The molecule has 0 radical (unpaired) electrons. The van der Waals surface area contributed by atoms with Gasteiger partial charge in [0.2, 0.25) is 5.89 Å². The molecule has 0 saturated carbocycles. The molecule has 2 heterocycles. The van der Waals surface area contributed by atoms with Crippen LogP contribution in [-0.4, -0.2) is 33.7 Å². The molecule has 2 N–H and O–H groups in total. The molecule has 5 heteroatoms. The Morgan fingerprint density at radius 3 is 3.06 bits per heavy atom. The van der Waals surface area contributed by atoms with Crippen LogP contribution in [0.15, 0.2) is 4.52 Å². The second kappa shape index (κ2) is 6.29. The third-order valence-corrected chi connectivity index (χ3v) is 3.59. The Hall–Kier alpha value is -0.940. The van der Waals surface area contributed by atoms with E-state index in [1.807, 2.05) is 0 Å². The summed E-state index contributed by atoms with van der Waals surface area (Å²) >= 11 is 0. The normalized spacial score (nSPS) is 23.2. The van der Waals surface area contributed by atoms with Crippen molar-refractivity contribution in [2.24, 2.45) is 5.73 Å². The summed E-state index contributed by atoms with van der Waals surface area (Å²) in [7, 11) is 0. The van der Waals surface area contributed by atoms with Gasteiger partial charge in [0.1, 0.15) is 0 Å². The molecule has 0 spiro atoms. The Morgan fingerprint density at radius 1 is 1.50 bits per heavy atom. The summed E-state index contributed by atoms with van der Waals surface area (Å²) in [5, 5.41) is 4.05. The van der Waals surface area contributed by atoms with Crippen LogP contribution in [0.2, 0.25) is 0 Å². The average Bonchev–Trinajstić information content (AvgIpc) is 2.77. The molecule has 0 bridgehead atoms. The summed E-state index contributed by atoms with van der Waals surface area (Å²) in [4.78, 5) is 6.83. The first-order chi connectivity index (χ1) is 8.70. The maximum absolute atomic E-state index is 6.06. The van der Waals surface area contributed by atoms with E-state index in [1.54, 1.807) is 0 Å². The fraction of sp³-hybridized carbons (Fsp3) is 0.846. The van der Waals surface area contributed by atoms with Crippen molar-refractivity contribution in [3.05, 3.63) is 11.7 Å². The van der Waals surface area contributed by atoms with Crippen molar-refractivity contribution < 1.29 is 4.52 Å². The standard InChI is InChI=1S/C13H24N4O/c1-3-6-13-15-12(16-18-13)9-17-8-5-4-7-11(17)10(2)14/h10-11H,3-9,14H2,1-2H3. The van der Waals surface area contributed by atoms with Crippen molar-refractivity contribution in [1.82, 2.24) is 15.0 Å². The summed E-state index contributed by atoms with van der Waals surface area (Å²) in [6.07, 6.45) is 5.59. The van der Waals surface area contributed by atoms with Crippen molar-refractivity contribution in [3.63, 3.8) is 0 Å². The van der Waals surface area contributed by atoms with Gasteiger partial charge in [-0.1, -0.05) is 18.5 Å². The van der Waals surface area contributed by atoms with Crippen LogP contribution in [-0.2, 0) is 13.0 Å². The lowest BCUT2D eigenvalue weighted by Crippen LogP contribution is -2.48. The Kier molecular flexibility index (Phi) is 4.72. The minimum Gasteiger partial charge on any atom is -0.339 e. The van der Waals surface area contributed by atoms with E-state index in [1.165, 1.54) is 19.3 Å². The van der Waals surface area contributed by atoms with Crippen molar-refractivity contribution in [2.75, 3.05) is 6.54 Å². The zero-order valence-electron chi connectivity index (χ0n) is 11.4. The largest absolute Gasteiger partial charge is 0.339 e. The van der Waals surface area contributed by atoms with Crippen LogP contribution in [0.1, 0.15) is 51.2 Å². The van der Waals surface area contributed by atoms with E-state index in [0.29, 0.717) is 6.04 Å². The molecular formula is C13H24N4O. The zero-order valence-corrected chi connectivity index (χ0v) is 11.4. The lowest BCUT2D eigenvalue weighted by atomic mass is 9.97. The van der Waals surface area contributed by atoms with Gasteiger partial charge in [-0.15, -0.1) is 0 Å². The number of rotatable bonds is 5. The molecule has 0 aromatic carbocycles. The zero-order chi connectivity index (χ0) is 13.0. The van der Waals surface area contributed by atoms with Crippen molar-refractivity contribution >= 4 is 0 Å². The molecule has 2 atom stereocenters. The summed E-state index contributed by atoms with van der Waals surface area (Å²) in [5.41, 5.74) is 6.06. The first kappa shape index (κ1) is 13.5. The third-order valence-electron chi connectivity index (χ3n) is 3.59. The Balaban J connectivity index is 1.97. The van der Waals surface area contributed by atoms with Gasteiger partial charge >= 0.3 is 0 Å². The lowest BCUT2D eigenvalue weighted by Gasteiger charge is -2.37. The van der Waals surface area contributed by atoms with Gasteiger partial charge in [-0.25, -0.2) is 0 Å². The van der Waals surface area contributed by atoms with Gasteiger partial charge in [-0.2, -0.15) is 4.98 Å². The molecule has 1 aliphatic rings. The van der Waals surface area contributed by atoms with E-state index in [9.17, 15) is 0 Å². The minimum absolute atomic E-state index is 0.201. The van der Waals surface area contributed by atoms with Crippen molar-refractivity contribution in [3.8, 4) is 0 Å². The van der Waals surface area contributed by atoms with Crippen molar-refractivity contribution in [2.45, 2.75) is 64.6 Å². The number of nitrogens with two attached hydrogens (primary N) is 1.